The Balaban J connectivity index is 1.74. The number of aromatic nitrogens is 3. The lowest BCUT2D eigenvalue weighted by atomic mass is 10.4. The van der Waals surface area contributed by atoms with Crippen molar-refractivity contribution in [2.75, 3.05) is 11.9 Å². The van der Waals surface area contributed by atoms with E-state index in [1.807, 2.05) is 0 Å². The van der Waals surface area contributed by atoms with E-state index in [-0.39, 0.29) is 11.7 Å². The van der Waals surface area contributed by atoms with Gasteiger partial charge in [-0.15, -0.1) is 11.3 Å². The van der Waals surface area contributed by atoms with Gasteiger partial charge >= 0.3 is 12.0 Å². The van der Waals surface area contributed by atoms with Crippen LogP contribution in [0.2, 0.25) is 0 Å². The van der Waals surface area contributed by atoms with E-state index in [1.165, 1.54) is 16.7 Å². The van der Waals surface area contributed by atoms with Crippen LogP contribution in [-0.2, 0) is 6.42 Å². The van der Waals surface area contributed by atoms with Crippen LogP contribution in [0.25, 0.3) is 0 Å². The summed E-state index contributed by atoms with van der Waals surface area (Å²) in [6.45, 7) is 2.10. The molecule has 20 heavy (non-hydrogen) atoms. The van der Waals surface area contributed by atoms with Crippen LogP contribution in [0.5, 0.6) is 0 Å². The Morgan fingerprint density at radius 3 is 2.80 bits per heavy atom. The van der Waals surface area contributed by atoms with Crippen molar-refractivity contribution in [2.45, 2.75) is 13.3 Å². The smallest absolute Gasteiger partial charge is 0.355 e. The summed E-state index contributed by atoms with van der Waals surface area (Å²) in [5.74, 6) is -0.445. The van der Waals surface area contributed by atoms with Gasteiger partial charge in [0.15, 0.2) is 5.69 Å². The molecule has 0 fully saturated rings. The molecule has 0 aliphatic heterocycles. The van der Waals surface area contributed by atoms with E-state index in [4.69, 9.17) is 5.11 Å². The molecule has 0 atom stereocenters. The van der Waals surface area contributed by atoms with E-state index in [0.717, 1.165) is 11.5 Å². The van der Waals surface area contributed by atoms with Gasteiger partial charge in [0.1, 0.15) is 5.82 Å². The highest BCUT2D eigenvalue weighted by Gasteiger charge is 2.09. The van der Waals surface area contributed by atoms with Crippen LogP contribution in [0.3, 0.4) is 0 Å². The molecule has 2 amide bonds. The van der Waals surface area contributed by atoms with Crippen molar-refractivity contribution in [3.8, 4) is 0 Å². The molecule has 0 unspecified atom stereocenters. The summed E-state index contributed by atoms with van der Waals surface area (Å²) in [5.41, 5.74) is 0.0267. The highest BCUT2D eigenvalue weighted by Crippen LogP contribution is 2.11. The minimum atomic E-state index is -1.05. The van der Waals surface area contributed by atoms with Crippen LogP contribution in [0.1, 0.15) is 21.3 Å². The maximum Gasteiger partial charge on any atom is 0.355 e. The predicted octanol–water partition coefficient (Wildman–Crippen LogP) is 1.37. The highest BCUT2D eigenvalue weighted by molar-refractivity contribution is 7.10. The second-order valence-corrected chi connectivity index (χ2v) is 5.40. The molecule has 0 saturated carbocycles. The van der Waals surface area contributed by atoms with Crippen LogP contribution in [-0.4, -0.2) is 38.0 Å². The van der Waals surface area contributed by atoms with Crippen LogP contribution >= 0.6 is 22.9 Å². The van der Waals surface area contributed by atoms with Gasteiger partial charge in [0.2, 0.25) is 5.13 Å². The first-order valence-corrected chi connectivity index (χ1v) is 7.23. The van der Waals surface area contributed by atoms with Gasteiger partial charge < -0.3 is 10.4 Å². The SMILES string of the molecule is Cc1nsc(NC(=O)NCCc2nc(C(=O)O)cs2)n1. The van der Waals surface area contributed by atoms with E-state index in [0.29, 0.717) is 28.9 Å². The molecule has 0 aliphatic rings. The number of nitrogens with zero attached hydrogens (tertiary/aromatic N) is 3. The number of nitrogens with one attached hydrogen (secondary N) is 2. The number of amides is 2. The fraction of sp³-hybridized carbons (Fsp3) is 0.300. The second kappa shape index (κ2) is 6.39. The van der Waals surface area contributed by atoms with Gasteiger partial charge in [-0.2, -0.15) is 4.37 Å². The highest BCUT2D eigenvalue weighted by atomic mass is 32.1. The quantitative estimate of drug-likeness (QED) is 0.767. The van der Waals surface area contributed by atoms with E-state index < -0.39 is 5.97 Å². The first-order chi connectivity index (χ1) is 9.54. The Bertz CT molecular complexity index is 624. The Labute approximate surface area is 122 Å². The Hall–Kier alpha value is -2.07. The number of carbonyl (C=O) groups is 2. The van der Waals surface area contributed by atoms with Gasteiger partial charge in [-0.3, -0.25) is 5.32 Å². The average molecular weight is 313 g/mol. The lowest BCUT2D eigenvalue weighted by Gasteiger charge is -2.03. The maximum absolute atomic E-state index is 11.5. The van der Waals surface area contributed by atoms with Crippen molar-refractivity contribution in [1.82, 2.24) is 19.7 Å². The molecule has 2 heterocycles. The Morgan fingerprint density at radius 2 is 2.20 bits per heavy atom. The average Bonchev–Trinajstić information content (AvgIpc) is 2.99. The van der Waals surface area contributed by atoms with Crippen LogP contribution in [0, 0.1) is 6.92 Å². The first kappa shape index (κ1) is 14.3. The number of hydrogen-bond donors (Lipinski definition) is 3. The normalized spacial score (nSPS) is 10.2. The number of aromatic carboxylic acids is 1. The van der Waals surface area contributed by atoms with E-state index in [9.17, 15) is 9.59 Å². The van der Waals surface area contributed by atoms with Crippen molar-refractivity contribution < 1.29 is 14.7 Å². The van der Waals surface area contributed by atoms with Crippen molar-refractivity contribution in [1.29, 1.82) is 0 Å². The number of rotatable bonds is 5. The molecule has 0 bridgehead atoms. The molecule has 0 radical (unpaired) electrons. The van der Waals surface area contributed by atoms with Gasteiger partial charge in [-0.1, -0.05) is 0 Å². The number of urea groups is 1. The van der Waals surface area contributed by atoms with Crippen molar-refractivity contribution >= 4 is 40.0 Å². The van der Waals surface area contributed by atoms with E-state index in [1.54, 1.807) is 6.92 Å². The fourth-order valence-corrected chi connectivity index (χ4v) is 2.64. The molecule has 2 aromatic heterocycles. The molecule has 0 aromatic carbocycles. The standard InChI is InChI=1S/C10H11N5O3S2/c1-5-12-10(20-15-5)14-9(18)11-3-2-7-13-6(4-19-7)8(16)17/h4H,2-3H2,1H3,(H,16,17)(H2,11,12,14,15,18). The largest absolute Gasteiger partial charge is 0.476 e. The lowest BCUT2D eigenvalue weighted by molar-refractivity contribution is 0.0691. The third-order valence-corrected chi connectivity index (χ3v) is 3.77. The second-order valence-electron chi connectivity index (χ2n) is 3.71. The number of carbonyl (C=O) groups excluding carboxylic acids is 1. The van der Waals surface area contributed by atoms with E-state index in [2.05, 4.69) is 25.0 Å². The van der Waals surface area contributed by atoms with Crippen LogP contribution in [0.15, 0.2) is 5.38 Å². The molecule has 0 spiro atoms. The summed E-state index contributed by atoms with van der Waals surface area (Å²) in [5, 5.41) is 16.5. The minimum Gasteiger partial charge on any atom is -0.476 e. The molecule has 2 rings (SSSR count). The number of aryl methyl sites for hydroxylation is 1. The van der Waals surface area contributed by atoms with Crippen molar-refractivity contribution in [3.05, 3.63) is 21.9 Å². The molecule has 0 aliphatic carbocycles. The topological polar surface area (TPSA) is 117 Å². The summed E-state index contributed by atoms with van der Waals surface area (Å²) >= 11 is 2.36. The third-order valence-electron chi connectivity index (χ3n) is 2.14. The van der Waals surface area contributed by atoms with Crippen molar-refractivity contribution in [2.24, 2.45) is 0 Å². The minimum absolute atomic E-state index is 0.0267. The summed E-state index contributed by atoms with van der Waals surface area (Å²) in [6, 6.07) is -0.379. The molecule has 0 saturated heterocycles. The predicted molar refractivity (Wildman–Crippen MR) is 74.4 cm³/mol. The number of hydrogen-bond acceptors (Lipinski definition) is 7. The lowest BCUT2D eigenvalue weighted by Crippen LogP contribution is -2.30. The van der Waals surface area contributed by atoms with Crippen LogP contribution in [0.4, 0.5) is 9.93 Å². The van der Waals surface area contributed by atoms with Gasteiger partial charge in [-0.25, -0.2) is 19.6 Å². The molecule has 10 heteroatoms. The maximum atomic E-state index is 11.5. The number of carboxylic acid groups (broad SMARTS) is 1. The zero-order valence-electron chi connectivity index (χ0n) is 10.4. The number of carboxylic acids is 1. The summed E-state index contributed by atoms with van der Waals surface area (Å²) in [4.78, 5) is 30.1. The number of anilines is 1. The third kappa shape index (κ3) is 3.96. The van der Waals surface area contributed by atoms with Crippen molar-refractivity contribution in [3.63, 3.8) is 0 Å². The molecule has 2 aromatic rings. The Kier molecular flexibility index (Phi) is 4.58. The Morgan fingerprint density at radius 1 is 1.40 bits per heavy atom. The van der Waals surface area contributed by atoms with E-state index >= 15 is 0 Å². The number of thiazole rings is 1. The van der Waals surface area contributed by atoms with Gasteiger partial charge in [0.05, 0.1) is 5.01 Å². The molecule has 8 nitrogen and oxygen atoms in total. The van der Waals surface area contributed by atoms with Gasteiger partial charge in [-0.05, 0) is 6.92 Å². The summed E-state index contributed by atoms with van der Waals surface area (Å²) < 4.78 is 3.94. The first-order valence-electron chi connectivity index (χ1n) is 5.57. The zero-order chi connectivity index (χ0) is 14.5. The van der Waals surface area contributed by atoms with Crippen LogP contribution < -0.4 is 10.6 Å². The molecular formula is C10H11N5O3S2. The molecule has 106 valence electrons. The van der Waals surface area contributed by atoms with Gasteiger partial charge in [0.25, 0.3) is 0 Å². The monoisotopic (exact) mass is 313 g/mol. The molecule has 3 N–H and O–H groups in total. The van der Waals surface area contributed by atoms with Gasteiger partial charge in [0, 0.05) is 29.9 Å². The molecular weight excluding hydrogens is 302 g/mol. The summed E-state index contributed by atoms with van der Waals surface area (Å²) in [6.07, 6.45) is 0.473. The zero-order valence-corrected chi connectivity index (χ0v) is 12.0. The fourth-order valence-electron chi connectivity index (χ4n) is 1.30. The summed E-state index contributed by atoms with van der Waals surface area (Å²) in [7, 11) is 0.